The van der Waals surface area contributed by atoms with E-state index in [0.717, 1.165) is 58.5 Å². The predicted molar refractivity (Wildman–Crippen MR) is 79.9 cm³/mol. The molecule has 1 heterocycles. The summed E-state index contributed by atoms with van der Waals surface area (Å²) in [5.74, 6) is 0.0466. The molecule has 2 fully saturated rings. The van der Waals surface area contributed by atoms with E-state index >= 15 is 0 Å². The van der Waals surface area contributed by atoms with Crippen molar-refractivity contribution in [3.63, 3.8) is 0 Å². The van der Waals surface area contributed by atoms with Crippen molar-refractivity contribution in [1.29, 1.82) is 0 Å². The number of carbonyl (C=O) groups is 2. The minimum atomic E-state index is -0.104. The quantitative estimate of drug-likeness (QED) is 0.731. The Balaban J connectivity index is 1.53. The van der Waals surface area contributed by atoms with E-state index in [9.17, 15) is 9.59 Å². The molecule has 1 saturated heterocycles. The Hall–Kier alpha value is -1.14. The van der Waals surface area contributed by atoms with Crippen molar-refractivity contribution in [2.75, 3.05) is 45.9 Å². The van der Waals surface area contributed by atoms with Gasteiger partial charge in [-0.3, -0.25) is 14.5 Å². The van der Waals surface area contributed by atoms with Crippen LogP contribution in [0.15, 0.2) is 0 Å². The van der Waals surface area contributed by atoms with E-state index < -0.39 is 0 Å². The van der Waals surface area contributed by atoms with Gasteiger partial charge >= 0.3 is 0 Å². The van der Waals surface area contributed by atoms with Crippen molar-refractivity contribution in [3.8, 4) is 0 Å². The molecule has 1 aliphatic carbocycles. The lowest BCUT2D eigenvalue weighted by Gasteiger charge is -2.26. The van der Waals surface area contributed by atoms with Gasteiger partial charge in [0.1, 0.15) is 0 Å². The van der Waals surface area contributed by atoms with Crippen molar-refractivity contribution < 1.29 is 14.3 Å². The third-order valence-electron chi connectivity index (χ3n) is 4.25. The summed E-state index contributed by atoms with van der Waals surface area (Å²) in [7, 11) is 0. The number of rotatable bonds is 6. The number of ether oxygens (including phenoxy) is 1. The van der Waals surface area contributed by atoms with Crippen molar-refractivity contribution in [1.82, 2.24) is 15.5 Å². The van der Waals surface area contributed by atoms with Gasteiger partial charge in [-0.1, -0.05) is 19.3 Å². The van der Waals surface area contributed by atoms with Gasteiger partial charge in [0.15, 0.2) is 0 Å². The number of amides is 2. The summed E-state index contributed by atoms with van der Waals surface area (Å²) in [4.78, 5) is 25.9. The van der Waals surface area contributed by atoms with Crippen LogP contribution in [0.25, 0.3) is 0 Å². The molecule has 1 saturated carbocycles. The van der Waals surface area contributed by atoms with Gasteiger partial charge in [0, 0.05) is 32.1 Å². The number of carbonyl (C=O) groups excluding carboxylic acids is 2. The van der Waals surface area contributed by atoms with Gasteiger partial charge in [0.05, 0.1) is 19.8 Å². The van der Waals surface area contributed by atoms with Crippen LogP contribution in [0.5, 0.6) is 0 Å². The van der Waals surface area contributed by atoms with E-state index in [4.69, 9.17) is 4.74 Å². The number of hydrogen-bond acceptors (Lipinski definition) is 4. The van der Waals surface area contributed by atoms with Crippen LogP contribution in [-0.4, -0.2) is 62.7 Å². The van der Waals surface area contributed by atoms with Gasteiger partial charge in [0.2, 0.25) is 11.8 Å². The normalized spacial score (nSPS) is 21.0. The molecule has 0 aromatic rings. The fourth-order valence-corrected chi connectivity index (χ4v) is 2.92. The molecule has 6 heteroatoms. The van der Waals surface area contributed by atoms with Crippen molar-refractivity contribution >= 4 is 11.8 Å². The lowest BCUT2D eigenvalue weighted by atomic mass is 9.89. The van der Waals surface area contributed by atoms with E-state index in [-0.39, 0.29) is 24.3 Å². The Morgan fingerprint density at radius 2 is 1.76 bits per heavy atom. The first-order chi connectivity index (χ1) is 10.3. The summed E-state index contributed by atoms with van der Waals surface area (Å²) in [6, 6.07) is 0. The molecule has 2 amide bonds. The average Bonchev–Trinajstić information content (AvgIpc) is 2.54. The second kappa shape index (κ2) is 9.00. The van der Waals surface area contributed by atoms with Crippen molar-refractivity contribution in [2.24, 2.45) is 5.92 Å². The molecule has 0 spiro atoms. The predicted octanol–water partition coefficient (Wildman–Crippen LogP) is 0.131. The Kier molecular flexibility index (Phi) is 6.95. The van der Waals surface area contributed by atoms with Crippen molar-refractivity contribution in [2.45, 2.75) is 32.1 Å². The maximum atomic E-state index is 11.9. The molecule has 2 aliphatic rings. The summed E-state index contributed by atoms with van der Waals surface area (Å²) < 4.78 is 5.27. The lowest BCUT2D eigenvalue weighted by Crippen LogP contribution is -2.44. The fourth-order valence-electron chi connectivity index (χ4n) is 2.92. The Labute approximate surface area is 126 Å². The first-order valence-corrected chi connectivity index (χ1v) is 8.10. The van der Waals surface area contributed by atoms with Crippen LogP contribution >= 0.6 is 0 Å². The standard InChI is InChI=1S/C15H27N3O3/c19-14(16-6-7-18-8-10-21-11-9-18)12-17-15(20)13-4-2-1-3-5-13/h13H,1-12H2,(H,16,19)(H,17,20). The maximum absolute atomic E-state index is 11.9. The molecule has 1 aliphatic heterocycles. The van der Waals surface area contributed by atoms with Crippen LogP contribution in [0, 0.1) is 5.92 Å². The highest BCUT2D eigenvalue weighted by atomic mass is 16.5. The van der Waals surface area contributed by atoms with Gasteiger partial charge in [-0.25, -0.2) is 0 Å². The molecule has 2 rings (SSSR count). The van der Waals surface area contributed by atoms with Gasteiger partial charge < -0.3 is 15.4 Å². The van der Waals surface area contributed by atoms with Crippen LogP contribution in [0.4, 0.5) is 0 Å². The second-order valence-electron chi connectivity index (χ2n) is 5.86. The molecule has 0 aromatic heterocycles. The largest absolute Gasteiger partial charge is 0.379 e. The van der Waals surface area contributed by atoms with Crippen LogP contribution < -0.4 is 10.6 Å². The van der Waals surface area contributed by atoms with Crippen LogP contribution in [0.3, 0.4) is 0 Å². The van der Waals surface area contributed by atoms with Crippen LogP contribution in [0.1, 0.15) is 32.1 Å². The Bertz CT molecular complexity index is 337. The molecule has 120 valence electrons. The molecule has 0 atom stereocenters. The molecule has 21 heavy (non-hydrogen) atoms. The Morgan fingerprint density at radius 3 is 2.48 bits per heavy atom. The summed E-state index contributed by atoms with van der Waals surface area (Å²) in [5.41, 5.74) is 0. The van der Waals surface area contributed by atoms with E-state index in [1.165, 1.54) is 6.42 Å². The molecule has 0 bridgehead atoms. The molecule has 0 radical (unpaired) electrons. The SMILES string of the molecule is O=C(CNC(=O)C1CCCCC1)NCCN1CCOCC1. The summed E-state index contributed by atoms with van der Waals surface area (Å²) >= 11 is 0. The Morgan fingerprint density at radius 1 is 1.05 bits per heavy atom. The summed E-state index contributed by atoms with van der Waals surface area (Å²) in [5, 5.41) is 5.61. The highest BCUT2D eigenvalue weighted by molar-refractivity contribution is 5.85. The fraction of sp³-hybridized carbons (Fsp3) is 0.867. The minimum absolute atomic E-state index is 0.0398. The monoisotopic (exact) mass is 297 g/mol. The first kappa shape index (κ1) is 16.2. The topological polar surface area (TPSA) is 70.7 Å². The van der Waals surface area contributed by atoms with Gasteiger partial charge in [-0.15, -0.1) is 0 Å². The molecule has 2 N–H and O–H groups in total. The van der Waals surface area contributed by atoms with E-state index in [1.54, 1.807) is 0 Å². The zero-order chi connectivity index (χ0) is 14.9. The molecule has 0 unspecified atom stereocenters. The summed E-state index contributed by atoms with van der Waals surface area (Å²) in [6.07, 6.45) is 5.41. The average molecular weight is 297 g/mol. The number of nitrogens with one attached hydrogen (secondary N) is 2. The van der Waals surface area contributed by atoms with E-state index in [1.807, 2.05) is 0 Å². The van der Waals surface area contributed by atoms with Crippen LogP contribution in [0.2, 0.25) is 0 Å². The zero-order valence-electron chi connectivity index (χ0n) is 12.7. The number of nitrogens with zero attached hydrogens (tertiary/aromatic N) is 1. The molecule has 0 aromatic carbocycles. The second-order valence-corrected chi connectivity index (χ2v) is 5.86. The maximum Gasteiger partial charge on any atom is 0.239 e. The zero-order valence-corrected chi connectivity index (χ0v) is 12.7. The first-order valence-electron chi connectivity index (χ1n) is 8.10. The minimum Gasteiger partial charge on any atom is -0.379 e. The van der Waals surface area contributed by atoms with Gasteiger partial charge in [0.25, 0.3) is 0 Å². The summed E-state index contributed by atoms with van der Waals surface area (Å²) in [6.45, 7) is 4.95. The van der Waals surface area contributed by atoms with Crippen molar-refractivity contribution in [3.05, 3.63) is 0 Å². The molecular formula is C15H27N3O3. The number of morpholine rings is 1. The highest BCUT2D eigenvalue weighted by Crippen LogP contribution is 2.23. The van der Waals surface area contributed by atoms with Crippen LogP contribution in [-0.2, 0) is 14.3 Å². The third kappa shape index (κ3) is 6.01. The number of hydrogen-bond donors (Lipinski definition) is 2. The van der Waals surface area contributed by atoms with E-state index in [2.05, 4.69) is 15.5 Å². The third-order valence-corrected chi connectivity index (χ3v) is 4.25. The molecule has 6 nitrogen and oxygen atoms in total. The highest BCUT2D eigenvalue weighted by Gasteiger charge is 2.21. The smallest absolute Gasteiger partial charge is 0.239 e. The van der Waals surface area contributed by atoms with E-state index in [0.29, 0.717) is 6.54 Å². The van der Waals surface area contributed by atoms with Gasteiger partial charge in [-0.05, 0) is 12.8 Å². The lowest BCUT2D eigenvalue weighted by molar-refractivity contribution is -0.129. The van der Waals surface area contributed by atoms with Gasteiger partial charge in [-0.2, -0.15) is 0 Å². The molecular weight excluding hydrogens is 270 g/mol.